The molecule has 0 saturated heterocycles. The van der Waals surface area contributed by atoms with Crippen molar-refractivity contribution in [3.63, 3.8) is 0 Å². The van der Waals surface area contributed by atoms with Crippen molar-refractivity contribution in [2.24, 2.45) is 0 Å². The van der Waals surface area contributed by atoms with Crippen molar-refractivity contribution in [2.75, 3.05) is 0 Å². The van der Waals surface area contributed by atoms with E-state index in [1.54, 1.807) is 0 Å². The molecule has 0 aliphatic heterocycles. The van der Waals surface area contributed by atoms with Crippen molar-refractivity contribution < 1.29 is 19.2 Å². The third-order valence-electron chi connectivity index (χ3n) is 0. The minimum Gasteiger partial charge on any atom is -0.303 e. The first-order valence-corrected chi connectivity index (χ1v) is 2.35. The molecule has 0 radical (unpaired) electrons. The summed E-state index contributed by atoms with van der Waals surface area (Å²) in [5.41, 5.74) is 0. The van der Waals surface area contributed by atoms with Crippen LogP contribution >= 0.6 is 24.8 Å². The first-order chi connectivity index (χ1) is 2.00. The second-order valence-electron chi connectivity index (χ2n) is 0.513. The molecule has 0 unspecified atom stereocenters. The van der Waals surface area contributed by atoms with Crippen molar-refractivity contribution in [2.45, 2.75) is 0 Å². The molecule has 0 aromatic heterocycles. The Labute approximate surface area is 44.8 Å². The van der Waals surface area contributed by atoms with Crippen LogP contribution in [0.1, 0.15) is 0 Å². The van der Waals surface area contributed by atoms with Gasteiger partial charge in [-0.25, -0.2) is 4.57 Å². The van der Waals surface area contributed by atoms with Crippen molar-refractivity contribution >= 4 is 24.8 Å². The summed E-state index contributed by atoms with van der Waals surface area (Å²) in [4.78, 5) is 21.6. The van der Waals surface area contributed by atoms with Gasteiger partial charge in [-0.3, -0.25) is 0 Å². The molecule has 0 aromatic carbocycles. The molecule has 0 spiro atoms. The fourth-order valence-corrected chi connectivity index (χ4v) is 0. The Morgan fingerprint density at radius 3 is 1.17 bits per heavy atom. The maximum Gasteiger partial charge on any atom is 0.466 e. The molecule has 3 N–H and O–H groups in total. The fourth-order valence-electron chi connectivity index (χ4n) is 0. The van der Waals surface area contributed by atoms with Crippen LogP contribution in [0.5, 0.6) is 0 Å². The summed E-state index contributed by atoms with van der Waals surface area (Å²) >= 11 is 0. The van der Waals surface area contributed by atoms with Gasteiger partial charge in [-0.05, 0) is 0 Å². The highest BCUT2D eigenvalue weighted by atomic mass is 79.9. The van der Waals surface area contributed by atoms with Crippen LogP contribution in [0.25, 0.3) is 0 Å². The molecule has 0 aromatic rings. The smallest absolute Gasteiger partial charge is 0.303 e. The Balaban J connectivity index is 0. The minimum absolute atomic E-state index is 0. The summed E-state index contributed by atoms with van der Waals surface area (Å²) in [5.74, 6) is 0. The molecule has 4 nitrogen and oxygen atoms in total. The molecule has 0 atom stereocenters. The van der Waals surface area contributed by atoms with Gasteiger partial charge in [0.2, 0.25) is 0 Å². The largest absolute Gasteiger partial charge is 0.466 e. The van der Waals surface area contributed by atoms with Crippen LogP contribution < -0.4 is 0 Å². The van der Waals surface area contributed by atoms with Crippen LogP contribution in [-0.2, 0) is 4.57 Å². The zero-order valence-electron chi connectivity index (χ0n) is 2.61. The molecule has 0 bridgehead atoms. The van der Waals surface area contributed by atoms with Crippen LogP contribution in [0.3, 0.4) is 0 Å². The second kappa shape index (κ2) is 2.71. The highest BCUT2D eigenvalue weighted by Crippen LogP contribution is 2.25. The van der Waals surface area contributed by atoms with Gasteiger partial charge >= 0.3 is 7.82 Å². The molecular formula is H4BrO4P. The van der Waals surface area contributed by atoms with Crippen LogP contribution in [0.2, 0.25) is 0 Å². The molecule has 0 amide bonds. The quantitative estimate of drug-likeness (QED) is 0.444. The Hall–Kier alpha value is 0.590. The molecule has 0 saturated carbocycles. The Morgan fingerprint density at radius 1 is 1.17 bits per heavy atom. The van der Waals surface area contributed by atoms with Crippen LogP contribution in [0.15, 0.2) is 0 Å². The van der Waals surface area contributed by atoms with Crippen molar-refractivity contribution in [3.05, 3.63) is 0 Å². The van der Waals surface area contributed by atoms with Crippen LogP contribution in [0, 0.1) is 0 Å². The fraction of sp³-hybridized carbons (Fsp3) is 0. The molecule has 6 heteroatoms. The molecule has 0 rings (SSSR count). The van der Waals surface area contributed by atoms with E-state index in [1.807, 2.05) is 0 Å². The summed E-state index contributed by atoms with van der Waals surface area (Å²) < 4.78 is 8.88. The Kier molecular flexibility index (Phi) is 4.42. The zero-order valence-corrected chi connectivity index (χ0v) is 5.21. The van der Waals surface area contributed by atoms with Crippen LogP contribution in [-0.4, -0.2) is 14.7 Å². The molecule has 0 heterocycles. The SMILES string of the molecule is Br.O=P(O)(O)O. The normalized spacial score (nSPS) is 9.83. The summed E-state index contributed by atoms with van der Waals surface area (Å²) in [7, 11) is -4.64. The lowest BCUT2D eigenvalue weighted by molar-refractivity contribution is 0.275. The van der Waals surface area contributed by atoms with Crippen molar-refractivity contribution in [3.8, 4) is 0 Å². The van der Waals surface area contributed by atoms with E-state index in [9.17, 15) is 0 Å². The molecular weight excluding hydrogens is 175 g/mol. The Morgan fingerprint density at radius 2 is 1.17 bits per heavy atom. The number of rotatable bonds is 0. The van der Waals surface area contributed by atoms with E-state index in [0.717, 1.165) is 0 Å². The predicted octanol–water partition coefficient (Wildman–Crippen LogP) is -0.351. The van der Waals surface area contributed by atoms with Gasteiger partial charge in [0.1, 0.15) is 0 Å². The van der Waals surface area contributed by atoms with Crippen LogP contribution in [0.4, 0.5) is 0 Å². The average molecular weight is 179 g/mol. The minimum atomic E-state index is -4.64. The summed E-state index contributed by atoms with van der Waals surface area (Å²) in [6, 6.07) is 0. The maximum atomic E-state index is 8.88. The second-order valence-corrected chi connectivity index (χ2v) is 1.54. The zero-order chi connectivity index (χ0) is 4.50. The molecule has 6 heavy (non-hydrogen) atoms. The Bertz CT molecular complexity index is 53.7. The first kappa shape index (κ1) is 9.77. The van der Waals surface area contributed by atoms with E-state index >= 15 is 0 Å². The van der Waals surface area contributed by atoms with E-state index < -0.39 is 7.82 Å². The van der Waals surface area contributed by atoms with E-state index in [2.05, 4.69) is 0 Å². The summed E-state index contributed by atoms with van der Waals surface area (Å²) in [6.07, 6.45) is 0. The monoisotopic (exact) mass is 178 g/mol. The number of phosphoric acid groups is 1. The maximum absolute atomic E-state index is 8.88. The van der Waals surface area contributed by atoms with E-state index in [0.29, 0.717) is 0 Å². The topological polar surface area (TPSA) is 77.8 Å². The lowest BCUT2D eigenvalue weighted by atomic mass is 15.8. The summed E-state index contributed by atoms with van der Waals surface area (Å²) in [6.45, 7) is 0. The average Bonchev–Trinajstić information content (AvgIpc) is 0.722. The van der Waals surface area contributed by atoms with E-state index in [4.69, 9.17) is 19.2 Å². The van der Waals surface area contributed by atoms with Gasteiger partial charge in [0.05, 0.1) is 0 Å². The van der Waals surface area contributed by atoms with Gasteiger partial charge in [0, 0.05) is 0 Å². The summed E-state index contributed by atoms with van der Waals surface area (Å²) in [5, 5.41) is 0. The highest BCUT2D eigenvalue weighted by molar-refractivity contribution is 8.93. The predicted molar refractivity (Wildman–Crippen MR) is 24.6 cm³/mol. The third-order valence-corrected chi connectivity index (χ3v) is 0. The number of halogens is 1. The standard InChI is InChI=1S/BrH.H3O4P/c;1-5(2,3)4/h1H;(H3,1,2,3,4). The molecule has 0 aliphatic rings. The van der Waals surface area contributed by atoms with Gasteiger partial charge in [-0.1, -0.05) is 0 Å². The van der Waals surface area contributed by atoms with Gasteiger partial charge in [0.25, 0.3) is 0 Å². The van der Waals surface area contributed by atoms with Gasteiger partial charge in [0.15, 0.2) is 0 Å². The van der Waals surface area contributed by atoms with Gasteiger partial charge < -0.3 is 14.7 Å². The number of hydrogen-bond acceptors (Lipinski definition) is 1. The van der Waals surface area contributed by atoms with Crippen molar-refractivity contribution in [1.29, 1.82) is 0 Å². The van der Waals surface area contributed by atoms with E-state index in [1.165, 1.54) is 0 Å². The van der Waals surface area contributed by atoms with Crippen molar-refractivity contribution in [1.82, 2.24) is 0 Å². The molecule has 0 fully saturated rings. The lowest BCUT2D eigenvalue weighted by Gasteiger charge is -1.82. The van der Waals surface area contributed by atoms with Gasteiger partial charge in [-0.2, -0.15) is 0 Å². The first-order valence-electron chi connectivity index (χ1n) is 0.783. The van der Waals surface area contributed by atoms with E-state index in [-0.39, 0.29) is 17.0 Å². The van der Waals surface area contributed by atoms with Gasteiger partial charge in [-0.15, -0.1) is 17.0 Å². The third kappa shape index (κ3) is 170. The number of hydrogen-bond donors (Lipinski definition) is 3. The lowest BCUT2D eigenvalue weighted by Crippen LogP contribution is -1.66. The highest BCUT2D eigenvalue weighted by Gasteiger charge is 2.00. The molecule has 0 aliphatic carbocycles. The molecule has 40 valence electrons.